The number of aryl methyl sites for hydroxylation is 2. The first-order chi connectivity index (χ1) is 9.15. The van der Waals surface area contributed by atoms with Gasteiger partial charge in [-0.05, 0) is 30.9 Å². The Kier molecular flexibility index (Phi) is 4.35. The Bertz CT molecular complexity index is 528. The van der Waals surface area contributed by atoms with E-state index < -0.39 is 0 Å². The van der Waals surface area contributed by atoms with Gasteiger partial charge in [0.1, 0.15) is 0 Å². The molecule has 1 aromatic carbocycles. The maximum atomic E-state index is 5.70. The SMILES string of the molecule is CCc1ccc(CC(NN)c2cnn(C)c2C)cc1. The number of hydrogen-bond acceptors (Lipinski definition) is 3. The van der Waals surface area contributed by atoms with Crippen molar-refractivity contribution in [1.82, 2.24) is 15.2 Å². The Morgan fingerprint density at radius 2 is 1.89 bits per heavy atom. The zero-order valence-electron chi connectivity index (χ0n) is 11.9. The zero-order chi connectivity index (χ0) is 13.8. The van der Waals surface area contributed by atoms with Crippen LogP contribution < -0.4 is 11.3 Å². The highest BCUT2D eigenvalue weighted by Gasteiger charge is 2.15. The molecule has 0 amide bonds. The minimum Gasteiger partial charge on any atom is -0.273 e. The van der Waals surface area contributed by atoms with E-state index in [4.69, 9.17) is 5.84 Å². The van der Waals surface area contributed by atoms with Gasteiger partial charge in [0.25, 0.3) is 0 Å². The van der Waals surface area contributed by atoms with Gasteiger partial charge in [0, 0.05) is 18.3 Å². The number of rotatable bonds is 5. The lowest BCUT2D eigenvalue weighted by atomic mass is 9.99. The molecule has 1 aromatic heterocycles. The van der Waals surface area contributed by atoms with E-state index in [0.29, 0.717) is 0 Å². The summed E-state index contributed by atoms with van der Waals surface area (Å²) >= 11 is 0. The average Bonchev–Trinajstić information content (AvgIpc) is 2.77. The Balaban J connectivity index is 2.16. The largest absolute Gasteiger partial charge is 0.273 e. The molecular formula is C15H22N4. The Morgan fingerprint density at radius 1 is 1.26 bits per heavy atom. The third kappa shape index (κ3) is 3.03. The van der Waals surface area contributed by atoms with Crippen LogP contribution in [0.15, 0.2) is 30.5 Å². The first-order valence-electron chi connectivity index (χ1n) is 6.68. The number of hydrazine groups is 1. The van der Waals surface area contributed by atoms with Crippen LogP contribution in [0.5, 0.6) is 0 Å². The second-order valence-electron chi connectivity index (χ2n) is 4.90. The van der Waals surface area contributed by atoms with Crippen LogP contribution in [0.4, 0.5) is 0 Å². The minimum atomic E-state index is 0.0983. The van der Waals surface area contributed by atoms with Crippen LogP contribution in [0.25, 0.3) is 0 Å². The predicted octanol–water partition coefficient (Wildman–Crippen LogP) is 2.04. The summed E-state index contributed by atoms with van der Waals surface area (Å²) in [7, 11) is 1.95. The second-order valence-corrected chi connectivity index (χ2v) is 4.90. The molecule has 0 bridgehead atoms. The second kappa shape index (κ2) is 5.99. The molecule has 1 atom stereocenters. The highest BCUT2D eigenvalue weighted by atomic mass is 15.3. The average molecular weight is 258 g/mol. The van der Waals surface area contributed by atoms with Crippen molar-refractivity contribution >= 4 is 0 Å². The maximum absolute atomic E-state index is 5.70. The topological polar surface area (TPSA) is 55.9 Å². The van der Waals surface area contributed by atoms with E-state index >= 15 is 0 Å². The fraction of sp³-hybridized carbons (Fsp3) is 0.400. The molecule has 1 heterocycles. The van der Waals surface area contributed by atoms with Crippen LogP contribution in [0, 0.1) is 6.92 Å². The molecule has 4 nitrogen and oxygen atoms in total. The normalized spacial score (nSPS) is 12.6. The molecule has 0 saturated heterocycles. The van der Waals surface area contributed by atoms with Gasteiger partial charge in [-0.25, -0.2) is 0 Å². The quantitative estimate of drug-likeness (QED) is 0.637. The third-order valence-corrected chi connectivity index (χ3v) is 3.72. The fourth-order valence-electron chi connectivity index (χ4n) is 2.26. The summed E-state index contributed by atoms with van der Waals surface area (Å²) < 4.78 is 1.87. The lowest BCUT2D eigenvalue weighted by Crippen LogP contribution is -2.29. The standard InChI is InChI=1S/C15H22N4/c1-4-12-5-7-13(8-6-12)9-15(18-16)14-10-17-19(3)11(14)2/h5-8,10,15,18H,4,9,16H2,1-3H3. The number of benzene rings is 1. The van der Waals surface area contributed by atoms with Gasteiger partial charge in [-0.2, -0.15) is 5.10 Å². The molecule has 0 radical (unpaired) electrons. The third-order valence-electron chi connectivity index (χ3n) is 3.72. The first-order valence-corrected chi connectivity index (χ1v) is 6.68. The van der Waals surface area contributed by atoms with E-state index in [1.54, 1.807) is 0 Å². The molecule has 0 saturated carbocycles. The lowest BCUT2D eigenvalue weighted by Gasteiger charge is -2.16. The van der Waals surface area contributed by atoms with Crippen molar-refractivity contribution in [3.05, 3.63) is 52.8 Å². The smallest absolute Gasteiger partial charge is 0.0540 e. The highest BCUT2D eigenvalue weighted by Crippen LogP contribution is 2.20. The Hall–Kier alpha value is -1.65. The van der Waals surface area contributed by atoms with Crippen LogP contribution in [0.1, 0.15) is 35.3 Å². The summed E-state index contributed by atoms with van der Waals surface area (Å²) in [6.45, 7) is 4.23. The van der Waals surface area contributed by atoms with Crippen molar-refractivity contribution < 1.29 is 0 Å². The van der Waals surface area contributed by atoms with Gasteiger partial charge in [0.2, 0.25) is 0 Å². The number of nitrogens with zero attached hydrogens (tertiary/aromatic N) is 2. The molecule has 2 rings (SSSR count). The van der Waals surface area contributed by atoms with E-state index in [1.807, 2.05) is 17.9 Å². The van der Waals surface area contributed by atoms with E-state index in [0.717, 1.165) is 24.1 Å². The van der Waals surface area contributed by atoms with Gasteiger partial charge in [0.15, 0.2) is 0 Å². The van der Waals surface area contributed by atoms with Gasteiger partial charge in [-0.1, -0.05) is 31.2 Å². The summed E-state index contributed by atoms with van der Waals surface area (Å²) in [6, 6.07) is 8.81. The van der Waals surface area contributed by atoms with E-state index in [2.05, 4.69) is 48.6 Å². The van der Waals surface area contributed by atoms with Gasteiger partial charge in [0.05, 0.1) is 12.2 Å². The van der Waals surface area contributed by atoms with Crippen LogP contribution in [-0.4, -0.2) is 9.78 Å². The maximum Gasteiger partial charge on any atom is 0.0540 e. The van der Waals surface area contributed by atoms with E-state index in [1.165, 1.54) is 11.1 Å². The Labute approximate surface area is 114 Å². The molecule has 19 heavy (non-hydrogen) atoms. The zero-order valence-corrected chi connectivity index (χ0v) is 11.9. The van der Waals surface area contributed by atoms with Gasteiger partial charge in [-0.15, -0.1) is 0 Å². The van der Waals surface area contributed by atoms with Crippen molar-refractivity contribution in [3.63, 3.8) is 0 Å². The number of nitrogens with one attached hydrogen (secondary N) is 1. The number of aromatic nitrogens is 2. The minimum absolute atomic E-state index is 0.0983. The number of nitrogens with two attached hydrogens (primary N) is 1. The predicted molar refractivity (Wildman–Crippen MR) is 77.5 cm³/mol. The summed E-state index contributed by atoms with van der Waals surface area (Å²) in [5.41, 5.74) is 7.84. The summed E-state index contributed by atoms with van der Waals surface area (Å²) in [6.07, 6.45) is 3.83. The molecule has 2 aromatic rings. The van der Waals surface area contributed by atoms with Crippen molar-refractivity contribution in [3.8, 4) is 0 Å². The molecule has 3 N–H and O–H groups in total. The van der Waals surface area contributed by atoms with Crippen molar-refractivity contribution in [2.24, 2.45) is 12.9 Å². The molecule has 1 unspecified atom stereocenters. The van der Waals surface area contributed by atoms with Crippen LogP contribution in [-0.2, 0) is 19.9 Å². The molecular weight excluding hydrogens is 236 g/mol. The van der Waals surface area contributed by atoms with Gasteiger partial charge < -0.3 is 0 Å². The van der Waals surface area contributed by atoms with Crippen LogP contribution in [0.2, 0.25) is 0 Å². The first kappa shape index (κ1) is 13.8. The highest BCUT2D eigenvalue weighted by molar-refractivity contribution is 5.27. The Morgan fingerprint density at radius 3 is 2.37 bits per heavy atom. The van der Waals surface area contributed by atoms with Crippen LogP contribution >= 0.6 is 0 Å². The van der Waals surface area contributed by atoms with E-state index in [-0.39, 0.29) is 6.04 Å². The lowest BCUT2D eigenvalue weighted by molar-refractivity contribution is 0.548. The molecule has 0 fully saturated rings. The molecule has 0 aliphatic rings. The summed E-state index contributed by atoms with van der Waals surface area (Å²) in [4.78, 5) is 0. The molecule has 0 aliphatic carbocycles. The number of hydrogen-bond donors (Lipinski definition) is 2. The molecule has 102 valence electrons. The molecule has 0 spiro atoms. The summed E-state index contributed by atoms with van der Waals surface area (Å²) in [5, 5.41) is 4.28. The van der Waals surface area contributed by atoms with Gasteiger partial charge >= 0.3 is 0 Å². The summed E-state index contributed by atoms with van der Waals surface area (Å²) in [5.74, 6) is 5.70. The fourth-order valence-corrected chi connectivity index (χ4v) is 2.26. The molecule has 0 aliphatic heterocycles. The van der Waals surface area contributed by atoms with Crippen molar-refractivity contribution in [2.75, 3.05) is 0 Å². The van der Waals surface area contributed by atoms with Crippen molar-refractivity contribution in [1.29, 1.82) is 0 Å². The monoisotopic (exact) mass is 258 g/mol. The van der Waals surface area contributed by atoms with E-state index in [9.17, 15) is 0 Å². The molecule has 4 heteroatoms. The van der Waals surface area contributed by atoms with Gasteiger partial charge in [-0.3, -0.25) is 16.0 Å². The van der Waals surface area contributed by atoms with Crippen molar-refractivity contribution in [2.45, 2.75) is 32.7 Å². The van der Waals surface area contributed by atoms with Crippen LogP contribution in [0.3, 0.4) is 0 Å².